The molecule has 0 bridgehead atoms. The fourth-order valence-corrected chi connectivity index (χ4v) is 1.69. The summed E-state index contributed by atoms with van der Waals surface area (Å²) in [6.45, 7) is 5.25. The number of aliphatic carboxylic acids is 1. The quantitative estimate of drug-likeness (QED) is 0.527. The minimum atomic E-state index is -0.859. The highest BCUT2D eigenvalue weighted by Gasteiger charge is 2.04. The highest BCUT2D eigenvalue weighted by molar-refractivity contribution is 5.69. The van der Waals surface area contributed by atoms with E-state index in [0.717, 1.165) is 18.6 Å². The van der Waals surface area contributed by atoms with E-state index >= 15 is 0 Å². The molecule has 1 rings (SSSR count). The van der Waals surface area contributed by atoms with Crippen molar-refractivity contribution in [1.82, 2.24) is 0 Å². The van der Waals surface area contributed by atoms with Crippen LogP contribution in [0, 0.1) is 0 Å². The first-order chi connectivity index (χ1) is 10.1. The summed E-state index contributed by atoms with van der Waals surface area (Å²) in [7, 11) is 0. The smallest absolute Gasteiger partial charge is 0.311 e. The van der Waals surface area contributed by atoms with E-state index in [-0.39, 0.29) is 6.42 Å². The van der Waals surface area contributed by atoms with Crippen molar-refractivity contribution in [2.75, 3.05) is 6.61 Å². The van der Waals surface area contributed by atoms with Crippen LogP contribution < -0.4 is 0 Å². The molecular weight excluding hydrogens is 272 g/mol. The predicted octanol–water partition coefficient (Wildman–Crippen LogP) is 3.60. The number of aryl methyl sites for hydroxylation is 1. The van der Waals surface area contributed by atoms with Gasteiger partial charge in [-0.1, -0.05) is 39.5 Å². The molecule has 5 heteroatoms. The Morgan fingerprint density at radius 2 is 1.86 bits per heavy atom. The van der Waals surface area contributed by atoms with Crippen molar-refractivity contribution in [2.45, 2.75) is 58.8 Å². The Bertz CT molecular complexity index is 384. The standard InChI is InChI=1S/C8H10O3.C8H16O2/c1-2-6-3-4-7(11-6)5-8(9)10;1-2-3-4-5-6-7-10-8-9/h3-4H,2,5H2,1H3,(H,9,10);8H,2-7H2,1H3. The van der Waals surface area contributed by atoms with Crippen LogP contribution in [0.5, 0.6) is 0 Å². The second-order valence-corrected chi connectivity index (χ2v) is 4.67. The molecule has 5 nitrogen and oxygen atoms in total. The van der Waals surface area contributed by atoms with E-state index in [0.29, 0.717) is 18.8 Å². The number of furan rings is 1. The van der Waals surface area contributed by atoms with Gasteiger partial charge in [-0.05, 0) is 18.6 Å². The number of carboxylic acids is 1. The fraction of sp³-hybridized carbons (Fsp3) is 0.625. The topological polar surface area (TPSA) is 76.7 Å². The zero-order valence-electron chi connectivity index (χ0n) is 13.0. The molecular formula is C16H26O5. The number of hydrogen-bond acceptors (Lipinski definition) is 4. The largest absolute Gasteiger partial charge is 0.481 e. The Hall–Kier alpha value is -1.78. The van der Waals surface area contributed by atoms with E-state index in [4.69, 9.17) is 9.52 Å². The van der Waals surface area contributed by atoms with Crippen LogP contribution in [0.2, 0.25) is 0 Å². The predicted molar refractivity (Wildman–Crippen MR) is 80.2 cm³/mol. The third kappa shape index (κ3) is 11.7. The summed E-state index contributed by atoms with van der Waals surface area (Å²) in [4.78, 5) is 19.9. The summed E-state index contributed by atoms with van der Waals surface area (Å²) < 4.78 is 9.70. The summed E-state index contributed by atoms with van der Waals surface area (Å²) in [5.74, 6) is 0.498. The van der Waals surface area contributed by atoms with Crippen LogP contribution in [0.25, 0.3) is 0 Å². The van der Waals surface area contributed by atoms with Crippen molar-refractivity contribution >= 4 is 12.4 Å². The maximum atomic E-state index is 10.2. The van der Waals surface area contributed by atoms with Gasteiger partial charge in [0.1, 0.15) is 17.9 Å². The SMILES string of the molecule is CCCCCCCOC=O.CCc1ccc(CC(=O)O)o1. The molecule has 1 aromatic rings. The molecule has 0 radical (unpaired) electrons. The normalized spacial score (nSPS) is 9.62. The van der Waals surface area contributed by atoms with Gasteiger partial charge < -0.3 is 14.3 Å². The number of carboxylic acid groups (broad SMARTS) is 1. The summed E-state index contributed by atoms with van der Waals surface area (Å²) in [5, 5.41) is 8.39. The van der Waals surface area contributed by atoms with Crippen molar-refractivity contribution < 1.29 is 23.8 Å². The van der Waals surface area contributed by atoms with Crippen LogP contribution in [0.3, 0.4) is 0 Å². The number of hydrogen-bond donors (Lipinski definition) is 1. The van der Waals surface area contributed by atoms with Gasteiger partial charge in [0.05, 0.1) is 6.61 Å². The monoisotopic (exact) mass is 298 g/mol. The van der Waals surface area contributed by atoms with Crippen LogP contribution >= 0.6 is 0 Å². The summed E-state index contributed by atoms with van der Waals surface area (Å²) in [6.07, 6.45) is 6.79. The van der Waals surface area contributed by atoms with E-state index in [2.05, 4.69) is 11.7 Å². The first-order valence-corrected chi connectivity index (χ1v) is 7.48. The molecule has 120 valence electrons. The Morgan fingerprint density at radius 3 is 2.38 bits per heavy atom. The van der Waals surface area contributed by atoms with Crippen LogP contribution in [0.4, 0.5) is 0 Å². The third-order valence-corrected chi connectivity index (χ3v) is 2.83. The average Bonchev–Trinajstić information content (AvgIpc) is 2.90. The third-order valence-electron chi connectivity index (χ3n) is 2.83. The van der Waals surface area contributed by atoms with E-state index in [1.165, 1.54) is 25.7 Å². The molecule has 0 unspecified atom stereocenters. The minimum Gasteiger partial charge on any atom is -0.481 e. The van der Waals surface area contributed by atoms with Crippen molar-refractivity contribution in [1.29, 1.82) is 0 Å². The van der Waals surface area contributed by atoms with E-state index in [1.807, 2.05) is 6.92 Å². The lowest BCUT2D eigenvalue weighted by molar-refractivity contribution is -0.136. The highest BCUT2D eigenvalue weighted by Crippen LogP contribution is 2.08. The number of rotatable bonds is 10. The molecule has 1 aromatic heterocycles. The number of carbonyl (C=O) groups is 2. The maximum Gasteiger partial charge on any atom is 0.311 e. The summed E-state index contributed by atoms with van der Waals surface area (Å²) in [6, 6.07) is 3.51. The molecule has 1 heterocycles. The van der Waals surface area contributed by atoms with E-state index < -0.39 is 5.97 Å². The molecule has 0 aliphatic rings. The molecule has 0 aromatic carbocycles. The second-order valence-electron chi connectivity index (χ2n) is 4.67. The molecule has 1 N–H and O–H groups in total. The van der Waals surface area contributed by atoms with Crippen LogP contribution in [-0.4, -0.2) is 24.2 Å². The van der Waals surface area contributed by atoms with E-state index in [1.54, 1.807) is 12.1 Å². The van der Waals surface area contributed by atoms with Gasteiger partial charge in [0.2, 0.25) is 0 Å². The molecule has 21 heavy (non-hydrogen) atoms. The zero-order chi connectivity index (χ0) is 15.9. The Kier molecular flexibility index (Phi) is 12.1. The lowest BCUT2D eigenvalue weighted by atomic mass is 10.2. The van der Waals surface area contributed by atoms with Gasteiger partial charge >= 0.3 is 5.97 Å². The van der Waals surface area contributed by atoms with E-state index in [9.17, 15) is 9.59 Å². The first-order valence-electron chi connectivity index (χ1n) is 7.48. The van der Waals surface area contributed by atoms with Crippen molar-refractivity contribution in [3.05, 3.63) is 23.7 Å². The van der Waals surface area contributed by atoms with Gasteiger partial charge in [0.25, 0.3) is 6.47 Å². The maximum absolute atomic E-state index is 10.2. The van der Waals surface area contributed by atoms with Gasteiger partial charge in [-0.25, -0.2) is 0 Å². The van der Waals surface area contributed by atoms with Gasteiger partial charge in [0, 0.05) is 6.42 Å². The average molecular weight is 298 g/mol. The van der Waals surface area contributed by atoms with Crippen LogP contribution in [-0.2, 0) is 27.2 Å². The Morgan fingerprint density at radius 1 is 1.19 bits per heavy atom. The molecule has 0 atom stereocenters. The van der Waals surface area contributed by atoms with Gasteiger partial charge in [-0.3, -0.25) is 9.59 Å². The van der Waals surface area contributed by atoms with Gasteiger partial charge in [-0.2, -0.15) is 0 Å². The van der Waals surface area contributed by atoms with Crippen molar-refractivity contribution in [3.63, 3.8) is 0 Å². The van der Waals surface area contributed by atoms with Gasteiger partial charge in [-0.15, -0.1) is 0 Å². The molecule has 0 saturated carbocycles. The number of unbranched alkanes of at least 4 members (excludes halogenated alkanes) is 4. The number of ether oxygens (including phenoxy) is 1. The lowest BCUT2D eigenvalue weighted by Gasteiger charge is -1.97. The summed E-state index contributed by atoms with van der Waals surface area (Å²) in [5.41, 5.74) is 0. The fourth-order valence-electron chi connectivity index (χ4n) is 1.69. The second kappa shape index (κ2) is 13.2. The van der Waals surface area contributed by atoms with Crippen molar-refractivity contribution in [2.24, 2.45) is 0 Å². The highest BCUT2D eigenvalue weighted by atomic mass is 16.5. The Balaban J connectivity index is 0.000000384. The molecule has 0 fully saturated rings. The molecule has 0 amide bonds. The zero-order valence-corrected chi connectivity index (χ0v) is 13.0. The first kappa shape index (κ1) is 19.2. The lowest BCUT2D eigenvalue weighted by Crippen LogP contribution is -1.97. The summed E-state index contributed by atoms with van der Waals surface area (Å²) >= 11 is 0. The van der Waals surface area contributed by atoms with Gasteiger partial charge in [0.15, 0.2) is 0 Å². The molecule has 0 saturated heterocycles. The Labute approximate surface area is 126 Å². The molecule has 0 aliphatic carbocycles. The minimum absolute atomic E-state index is 0.0278. The van der Waals surface area contributed by atoms with Crippen LogP contribution in [0.15, 0.2) is 16.5 Å². The molecule has 0 spiro atoms. The van der Waals surface area contributed by atoms with Crippen molar-refractivity contribution in [3.8, 4) is 0 Å². The van der Waals surface area contributed by atoms with Crippen LogP contribution in [0.1, 0.15) is 57.5 Å². The molecule has 0 aliphatic heterocycles. The number of carbonyl (C=O) groups excluding carboxylic acids is 1.